The van der Waals surface area contributed by atoms with E-state index in [-0.39, 0.29) is 28.7 Å². The summed E-state index contributed by atoms with van der Waals surface area (Å²) < 4.78 is 27.7. The van der Waals surface area contributed by atoms with Crippen molar-refractivity contribution >= 4 is 39.3 Å². The number of hydrogen-bond donors (Lipinski definition) is 2. The van der Waals surface area contributed by atoms with Crippen LogP contribution < -0.4 is 10.6 Å². The van der Waals surface area contributed by atoms with Crippen molar-refractivity contribution in [3.05, 3.63) is 18.2 Å². The number of sulfonamides is 1. The standard InChI is InChI=1S/C22H31N3O4S2/c26-21-15-30-20-9-8-18(14-19(20)24-21)31(28,29)25-12-10-16(11-13-25)22(27)23-17-6-4-2-1-3-5-7-17/h8-9,14,16-17H,1-7,10-13,15H2,(H,23,27)(H,24,26). The first-order valence-electron chi connectivity index (χ1n) is 11.3. The SMILES string of the molecule is O=C1CSc2ccc(S(=O)(=O)N3CCC(C(=O)NC4CCCCCCC4)CC3)cc2N1. The number of carbonyl (C=O) groups excluding carboxylic acids is 2. The fourth-order valence-corrected chi connectivity index (χ4v) is 6.93. The van der Waals surface area contributed by atoms with Gasteiger partial charge in [-0.15, -0.1) is 11.8 Å². The number of thioether (sulfide) groups is 1. The molecule has 2 amide bonds. The molecule has 0 radical (unpaired) electrons. The zero-order valence-corrected chi connectivity index (χ0v) is 19.4. The molecule has 2 aliphatic heterocycles. The van der Waals surface area contributed by atoms with E-state index in [1.165, 1.54) is 48.2 Å². The molecule has 0 bridgehead atoms. The van der Waals surface area contributed by atoms with Gasteiger partial charge in [0.2, 0.25) is 21.8 Å². The number of hydrogen-bond acceptors (Lipinski definition) is 5. The molecule has 0 aromatic heterocycles. The number of fused-ring (bicyclic) bond motifs is 1. The van der Waals surface area contributed by atoms with Crippen LogP contribution in [0.3, 0.4) is 0 Å². The highest BCUT2D eigenvalue weighted by atomic mass is 32.2. The maximum absolute atomic E-state index is 13.1. The average Bonchev–Trinajstić information content (AvgIpc) is 2.75. The number of anilines is 1. The summed E-state index contributed by atoms with van der Waals surface area (Å²) in [6.45, 7) is 0.673. The van der Waals surface area contributed by atoms with Crippen LogP contribution in [-0.2, 0) is 19.6 Å². The molecule has 170 valence electrons. The Morgan fingerprint density at radius 1 is 1.03 bits per heavy atom. The van der Waals surface area contributed by atoms with E-state index in [2.05, 4.69) is 10.6 Å². The first kappa shape index (κ1) is 22.6. The molecule has 0 unspecified atom stereocenters. The number of piperidine rings is 1. The van der Waals surface area contributed by atoms with Gasteiger partial charge in [-0.2, -0.15) is 4.31 Å². The van der Waals surface area contributed by atoms with Crippen molar-refractivity contribution < 1.29 is 18.0 Å². The minimum absolute atomic E-state index is 0.0798. The van der Waals surface area contributed by atoms with Gasteiger partial charge in [0.15, 0.2) is 0 Å². The summed E-state index contributed by atoms with van der Waals surface area (Å²) in [5.41, 5.74) is 0.552. The van der Waals surface area contributed by atoms with Crippen molar-refractivity contribution in [2.45, 2.75) is 73.6 Å². The Labute approximate surface area is 188 Å². The van der Waals surface area contributed by atoms with E-state index in [0.29, 0.717) is 37.4 Å². The highest BCUT2D eigenvalue weighted by Gasteiger charge is 2.33. The zero-order chi connectivity index (χ0) is 21.8. The monoisotopic (exact) mass is 465 g/mol. The zero-order valence-electron chi connectivity index (χ0n) is 17.8. The van der Waals surface area contributed by atoms with E-state index in [1.54, 1.807) is 18.2 Å². The topological polar surface area (TPSA) is 95.6 Å². The molecule has 4 rings (SSSR count). The van der Waals surface area contributed by atoms with Gasteiger partial charge in [0, 0.05) is 29.9 Å². The Bertz CT molecular complexity index is 919. The van der Waals surface area contributed by atoms with Crippen LogP contribution >= 0.6 is 11.8 Å². The Morgan fingerprint density at radius 3 is 2.42 bits per heavy atom. The lowest BCUT2D eigenvalue weighted by Gasteiger charge is -2.32. The van der Waals surface area contributed by atoms with Gasteiger partial charge in [-0.05, 0) is 43.9 Å². The minimum atomic E-state index is -3.66. The molecule has 31 heavy (non-hydrogen) atoms. The third kappa shape index (κ3) is 5.43. The van der Waals surface area contributed by atoms with Crippen molar-refractivity contribution in [1.82, 2.24) is 9.62 Å². The summed E-state index contributed by atoms with van der Waals surface area (Å²) in [7, 11) is -3.66. The Hall–Kier alpha value is -1.58. The molecule has 9 heteroatoms. The molecule has 2 heterocycles. The highest BCUT2D eigenvalue weighted by molar-refractivity contribution is 8.00. The summed E-state index contributed by atoms with van der Waals surface area (Å²) in [5.74, 6) is 0.172. The predicted octanol–water partition coefficient (Wildman–Crippen LogP) is 3.36. The Morgan fingerprint density at radius 2 is 1.71 bits per heavy atom. The van der Waals surface area contributed by atoms with Crippen LogP contribution in [0.25, 0.3) is 0 Å². The fraction of sp³-hybridized carbons (Fsp3) is 0.636. The van der Waals surface area contributed by atoms with E-state index < -0.39 is 10.0 Å². The number of amides is 2. The fourth-order valence-electron chi connectivity index (χ4n) is 4.65. The third-order valence-corrected chi connectivity index (χ3v) is 9.47. The molecule has 1 aliphatic carbocycles. The van der Waals surface area contributed by atoms with Crippen molar-refractivity contribution in [2.75, 3.05) is 24.2 Å². The molecular formula is C22H31N3O4S2. The molecule has 0 spiro atoms. The molecular weight excluding hydrogens is 434 g/mol. The summed E-state index contributed by atoms with van der Waals surface area (Å²) >= 11 is 1.41. The van der Waals surface area contributed by atoms with Crippen LogP contribution in [0.5, 0.6) is 0 Å². The second kappa shape index (κ2) is 9.92. The molecule has 7 nitrogen and oxygen atoms in total. The molecule has 1 aromatic carbocycles. The van der Waals surface area contributed by atoms with Crippen LogP contribution in [-0.4, -0.2) is 49.4 Å². The van der Waals surface area contributed by atoms with Crippen LogP contribution in [0, 0.1) is 5.92 Å². The normalized spacial score (nSPS) is 22.1. The van der Waals surface area contributed by atoms with Crippen LogP contribution in [0.4, 0.5) is 5.69 Å². The highest BCUT2D eigenvalue weighted by Crippen LogP contribution is 2.34. The number of benzene rings is 1. The van der Waals surface area contributed by atoms with Gasteiger partial charge >= 0.3 is 0 Å². The molecule has 1 saturated heterocycles. The van der Waals surface area contributed by atoms with E-state index >= 15 is 0 Å². The predicted molar refractivity (Wildman–Crippen MR) is 122 cm³/mol. The van der Waals surface area contributed by atoms with E-state index in [0.717, 1.165) is 17.7 Å². The summed E-state index contributed by atoms with van der Waals surface area (Å²) in [6.07, 6.45) is 9.29. The Balaban J connectivity index is 1.35. The second-order valence-corrected chi connectivity index (χ2v) is 11.7. The number of nitrogens with one attached hydrogen (secondary N) is 2. The summed E-state index contributed by atoms with van der Waals surface area (Å²) in [4.78, 5) is 25.5. The number of rotatable bonds is 4. The third-order valence-electron chi connectivity index (χ3n) is 6.50. The van der Waals surface area contributed by atoms with Gasteiger partial charge in [-0.25, -0.2) is 8.42 Å². The van der Waals surface area contributed by atoms with Gasteiger partial charge in [0.25, 0.3) is 0 Å². The molecule has 2 N–H and O–H groups in total. The lowest BCUT2D eigenvalue weighted by molar-refractivity contribution is -0.127. The maximum atomic E-state index is 13.1. The smallest absolute Gasteiger partial charge is 0.243 e. The van der Waals surface area contributed by atoms with Gasteiger partial charge < -0.3 is 10.6 Å². The van der Waals surface area contributed by atoms with E-state index in [1.807, 2.05) is 0 Å². The second-order valence-electron chi connectivity index (χ2n) is 8.72. The van der Waals surface area contributed by atoms with Crippen LogP contribution in [0.1, 0.15) is 57.8 Å². The first-order valence-corrected chi connectivity index (χ1v) is 13.7. The Kier molecular flexibility index (Phi) is 7.23. The van der Waals surface area contributed by atoms with Gasteiger partial charge in [0.05, 0.1) is 16.3 Å². The minimum Gasteiger partial charge on any atom is -0.353 e. The van der Waals surface area contributed by atoms with Gasteiger partial charge in [0.1, 0.15) is 0 Å². The first-order chi connectivity index (χ1) is 14.9. The molecule has 0 atom stereocenters. The van der Waals surface area contributed by atoms with Crippen molar-refractivity contribution in [2.24, 2.45) is 5.92 Å². The summed E-state index contributed by atoms with van der Waals surface area (Å²) in [5, 5.41) is 5.98. The van der Waals surface area contributed by atoms with Gasteiger partial charge in [-0.3, -0.25) is 9.59 Å². The average molecular weight is 466 g/mol. The molecule has 3 aliphatic rings. The van der Waals surface area contributed by atoms with Crippen molar-refractivity contribution in [1.29, 1.82) is 0 Å². The van der Waals surface area contributed by atoms with Crippen molar-refractivity contribution in [3.8, 4) is 0 Å². The lowest BCUT2D eigenvalue weighted by Crippen LogP contribution is -2.45. The van der Waals surface area contributed by atoms with Crippen molar-refractivity contribution in [3.63, 3.8) is 0 Å². The molecule has 1 saturated carbocycles. The number of nitrogens with zero attached hydrogens (tertiary/aromatic N) is 1. The molecule has 1 aromatic rings. The molecule has 2 fully saturated rings. The van der Waals surface area contributed by atoms with E-state index in [9.17, 15) is 18.0 Å². The van der Waals surface area contributed by atoms with Crippen LogP contribution in [0.2, 0.25) is 0 Å². The van der Waals surface area contributed by atoms with E-state index in [4.69, 9.17) is 0 Å². The maximum Gasteiger partial charge on any atom is 0.243 e. The number of carbonyl (C=O) groups is 2. The lowest BCUT2D eigenvalue weighted by atomic mass is 9.94. The van der Waals surface area contributed by atoms with Crippen LogP contribution in [0.15, 0.2) is 28.0 Å². The van der Waals surface area contributed by atoms with Gasteiger partial charge in [-0.1, -0.05) is 32.1 Å². The largest absolute Gasteiger partial charge is 0.353 e. The summed E-state index contributed by atoms with van der Waals surface area (Å²) in [6, 6.07) is 5.16. The quantitative estimate of drug-likeness (QED) is 0.711.